The molecule has 0 aromatic heterocycles. The predicted molar refractivity (Wildman–Crippen MR) is 66.6 cm³/mol. The smallest absolute Gasteiger partial charge is 0.0586 e. The molecule has 1 aromatic carbocycles. The fourth-order valence-electron chi connectivity index (χ4n) is 2.30. The van der Waals surface area contributed by atoms with Crippen molar-refractivity contribution in [1.29, 1.82) is 0 Å². The van der Waals surface area contributed by atoms with Crippen LogP contribution in [0.4, 0.5) is 0 Å². The van der Waals surface area contributed by atoms with Gasteiger partial charge in [-0.15, -0.1) is 0 Å². The molecule has 0 amide bonds. The maximum absolute atomic E-state index is 9.32. The number of nitrogens with zero attached hydrogens (tertiary/aromatic N) is 1. The average molecular weight is 240 g/mol. The van der Waals surface area contributed by atoms with Crippen LogP contribution < -0.4 is 0 Å². The van der Waals surface area contributed by atoms with Crippen molar-refractivity contribution >= 4 is 11.6 Å². The lowest BCUT2D eigenvalue weighted by Gasteiger charge is -2.34. The fraction of sp³-hybridized carbons (Fsp3) is 0.538. The van der Waals surface area contributed by atoms with Crippen LogP contribution in [-0.4, -0.2) is 29.2 Å². The van der Waals surface area contributed by atoms with E-state index in [1.807, 2.05) is 12.1 Å². The van der Waals surface area contributed by atoms with Crippen molar-refractivity contribution in [3.05, 3.63) is 34.9 Å². The maximum Gasteiger partial charge on any atom is 0.0586 e. The van der Waals surface area contributed by atoms with E-state index < -0.39 is 0 Å². The first kappa shape index (κ1) is 11.9. The van der Waals surface area contributed by atoms with Gasteiger partial charge in [0.1, 0.15) is 0 Å². The van der Waals surface area contributed by atoms with E-state index in [0.717, 1.165) is 24.5 Å². The van der Waals surface area contributed by atoms with Gasteiger partial charge in [0, 0.05) is 17.6 Å². The normalized spacial score (nSPS) is 22.2. The lowest BCUT2D eigenvalue weighted by molar-refractivity contribution is 0.0841. The fourth-order valence-corrected chi connectivity index (χ4v) is 2.43. The van der Waals surface area contributed by atoms with E-state index in [0.29, 0.717) is 6.04 Å². The Morgan fingerprint density at radius 2 is 2.00 bits per heavy atom. The summed E-state index contributed by atoms with van der Waals surface area (Å²) in [5, 5.41) is 10.1. The van der Waals surface area contributed by atoms with Crippen molar-refractivity contribution in [2.24, 2.45) is 0 Å². The molecule has 3 heteroatoms. The molecule has 1 aliphatic rings. The standard InChI is InChI=1S/C13H18ClNO/c14-12-6-4-11(5-7-12)9-15-8-2-1-3-13(15)10-16/h4-7,13,16H,1-3,8-10H2/t13-/m1/s1. The van der Waals surface area contributed by atoms with E-state index in [1.165, 1.54) is 18.4 Å². The molecule has 1 aromatic rings. The van der Waals surface area contributed by atoms with E-state index in [1.54, 1.807) is 0 Å². The zero-order valence-electron chi connectivity index (χ0n) is 9.40. The van der Waals surface area contributed by atoms with Crippen LogP contribution in [0.3, 0.4) is 0 Å². The summed E-state index contributed by atoms with van der Waals surface area (Å²) in [4.78, 5) is 2.37. The summed E-state index contributed by atoms with van der Waals surface area (Å²) in [5.74, 6) is 0. The highest BCUT2D eigenvalue weighted by Crippen LogP contribution is 2.20. The Labute approximate surface area is 102 Å². The Bertz CT molecular complexity index is 325. The van der Waals surface area contributed by atoms with Gasteiger partial charge in [0.15, 0.2) is 0 Å². The number of benzene rings is 1. The first-order valence-electron chi connectivity index (χ1n) is 5.89. The minimum atomic E-state index is 0.271. The number of aliphatic hydroxyl groups excluding tert-OH is 1. The van der Waals surface area contributed by atoms with E-state index >= 15 is 0 Å². The molecule has 1 fully saturated rings. The Morgan fingerprint density at radius 1 is 1.25 bits per heavy atom. The van der Waals surface area contributed by atoms with E-state index in [2.05, 4.69) is 17.0 Å². The molecule has 2 rings (SSSR count). The van der Waals surface area contributed by atoms with Gasteiger partial charge >= 0.3 is 0 Å². The summed E-state index contributed by atoms with van der Waals surface area (Å²) < 4.78 is 0. The van der Waals surface area contributed by atoms with Crippen molar-refractivity contribution in [3.63, 3.8) is 0 Å². The number of hydrogen-bond acceptors (Lipinski definition) is 2. The number of aliphatic hydroxyl groups is 1. The molecule has 88 valence electrons. The number of rotatable bonds is 3. The minimum absolute atomic E-state index is 0.271. The Hall–Kier alpha value is -0.570. The first-order chi connectivity index (χ1) is 7.79. The van der Waals surface area contributed by atoms with Crippen LogP contribution in [0.1, 0.15) is 24.8 Å². The van der Waals surface area contributed by atoms with Gasteiger partial charge in [-0.25, -0.2) is 0 Å². The molecule has 0 unspecified atom stereocenters. The summed E-state index contributed by atoms with van der Waals surface area (Å²) in [6.45, 7) is 2.28. The molecule has 2 nitrogen and oxygen atoms in total. The van der Waals surface area contributed by atoms with Crippen LogP contribution in [0.15, 0.2) is 24.3 Å². The number of hydrogen-bond donors (Lipinski definition) is 1. The molecule has 16 heavy (non-hydrogen) atoms. The number of likely N-dealkylation sites (tertiary alicyclic amines) is 1. The third-order valence-corrected chi connectivity index (χ3v) is 3.51. The SMILES string of the molecule is OC[C@H]1CCCCN1Cc1ccc(Cl)cc1. The summed E-state index contributed by atoms with van der Waals surface area (Å²) in [6, 6.07) is 8.31. The summed E-state index contributed by atoms with van der Waals surface area (Å²) in [5.41, 5.74) is 1.27. The molecule has 1 saturated heterocycles. The Morgan fingerprint density at radius 3 is 2.69 bits per heavy atom. The molecule has 0 saturated carbocycles. The minimum Gasteiger partial charge on any atom is -0.395 e. The lowest BCUT2D eigenvalue weighted by atomic mass is 10.0. The van der Waals surface area contributed by atoms with E-state index in [-0.39, 0.29) is 6.61 Å². The first-order valence-corrected chi connectivity index (χ1v) is 6.27. The van der Waals surface area contributed by atoms with Gasteiger partial charge in [-0.2, -0.15) is 0 Å². The van der Waals surface area contributed by atoms with Crippen LogP contribution in [0.5, 0.6) is 0 Å². The molecule has 0 bridgehead atoms. The second kappa shape index (κ2) is 5.67. The van der Waals surface area contributed by atoms with Gasteiger partial charge < -0.3 is 5.11 Å². The molecular formula is C13H18ClNO. The quantitative estimate of drug-likeness (QED) is 0.877. The monoisotopic (exact) mass is 239 g/mol. The zero-order chi connectivity index (χ0) is 11.4. The molecule has 1 aliphatic heterocycles. The van der Waals surface area contributed by atoms with Crippen LogP contribution in [0, 0.1) is 0 Å². The highest BCUT2D eigenvalue weighted by Gasteiger charge is 2.21. The van der Waals surface area contributed by atoms with E-state index in [9.17, 15) is 5.11 Å². The molecular weight excluding hydrogens is 222 g/mol. The van der Waals surface area contributed by atoms with Gasteiger partial charge in [-0.05, 0) is 37.1 Å². The van der Waals surface area contributed by atoms with Crippen LogP contribution in [0.2, 0.25) is 5.02 Å². The van der Waals surface area contributed by atoms with E-state index in [4.69, 9.17) is 11.6 Å². The van der Waals surface area contributed by atoms with Gasteiger partial charge in [-0.1, -0.05) is 30.2 Å². The van der Waals surface area contributed by atoms with Crippen molar-refractivity contribution in [2.45, 2.75) is 31.8 Å². The van der Waals surface area contributed by atoms with Crippen molar-refractivity contribution < 1.29 is 5.11 Å². The van der Waals surface area contributed by atoms with Crippen molar-refractivity contribution in [1.82, 2.24) is 4.90 Å². The van der Waals surface area contributed by atoms with Crippen LogP contribution >= 0.6 is 11.6 Å². The molecule has 0 aliphatic carbocycles. The van der Waals surface area contributed by atoms with Crippen LogP contribution in [-0.2, 0) is 6.54 Å². The largest absolute Gasteiger partial charge is 0.395 e. The zero-order valence-corrected chi connectivity index (χ0v) is 10.2. The molecule has 1 N–H and O–H groups in total. The predicted octanol–water partition coefficient (Wildman–Crippen LogP) is 2.69. The molecule has 0 radical (unpaired) electrons. The molecule has 1 heterocycles. The number of halogens is 1. The van der Waals surface area contributed by atoms with Crippen molar-refractivity contribution in [2.75, 3.05) is 13.2 Å². The third-order valence-electron chi connectivity index (χ3n) is 3.26. The highest BCUT2D eigenvalue weighted by molar-refractivity contribution is 6.30. The Kier molecular flexibility index (Phi) is 4.22. The molecule has 1 atom stereocenters. The summed E-state index contributed by atoms with van der Waals surface area (Å²) in [7, 11) is 0. The molecule has 0 spiro atoms. The second-order valence-corrected chi connectivity index (χ2v) is 4.87. The van der Waals surface area contributed by atoms with Gasteiger partial charge in [0.25, 0.3) is 0 Å². The van der Waals surface area contributed by atoms with Crippen molar-refractivity contribution in [3.8, 4) is 0 Å². The third kappa shape index (κ3) is 2.97. The lowest BCUT2D eigenvalue weighted by Crippen LogP contribution is -2.41. The Balaban J connectivity index is 1.99. The van der Waals surface area contributed by atoms with Gasteiger partial charge in [0.2, 0.25) is 0 Å². The van der Waals surface area contributed by atoms with Gasteiger partial charge in [-0.3, -0.25) is 4.90 Å². The average Bonchev–Trinajstić information content (AvgIpc) is 2.33. The summed E-state index contributed by atoms with van der Waals surface area (Å²) in [6.07, 6.45) is 3.59. The maximum atomic E-state index is 9.32. The summed E-state index contributed by atoms with van der Waals surface area (Å²) >= 11 is 5.86. The highest BCUT2D eigenvalue weighted by atomic mass is 35.5. The number of piperidine rings is 1. The topological polar surface area (TPSA) is 23.5 Å². The second-order valence-electron chi connectivity index (χ2n) is 4.43. The van der Waals surface area contributed by atoms with Gasteiger partial charge in [0.05, 0.1) is 6.61 Å². The van der Waals surface area contributed by atoms with Crippen LogP contribution in [0.25, 0.3) is 0 Å².